The fraction of sp³-hybridized carbons (Fsp3) is 1.00. The van der Waals surface area contributed by atoms with Crippen LogP contribution in [-0.2, 0) is 10.2 Å². The maximum atomic E-state index is 12.7. The van der Waals surface area contributed by atoms with E-state index in [4.69, 9.17) is 0 Å². The van der Waals surface area contributed by atoms with Gasteiger partial charge in [-0.2, -0.15) is 17.0 Å². The highest BCUT2D eigenvalue weighted by atomic mass is 32.2. The lowest BCUT2D eigenvalue weighted by Crippen LogP contribution is -2.54. The van der Waals surface area contributed by atoms with Gasteiger partial charge in [0.05, 0.1) is 0 Å². The van der Waals surface area contributed by atoms with Gasteiger partial charge in [0, 0.05) is 32.2 Å². The molecule has 20 heavy (non-hydrogen) atoms. The Hall–Kier alpha value is -0.170. The van der Waals surface area contributed by atoms with Gasteiger partial charge in [0.2, 0.25) is 0 Å². The van der Waals surface area contributed by atoms with E-state index in [2.05, 4.69) is 26.1 Å². The molecule has 6 heteroatoms. The van der Waals surface area contributed by atoms with Crippen LogP contribution in [0.3, 0.4) is 0 Å². The molecule has 2 aliphatic rings. The van der Waals surface area contributed by atoms with E-state index in [1.165, 1.54) is 0 Å². The molecule has 0 bridgehead atoms. The molecule has 3 unspecified atom stereocenters. The van der Waals surface area contributed by atoms with Crippen LogP contribution in [0.1, 0.15) is 40.0 Å². The second kappa shape index (κ2) is 6.73. The number of hydrogen-bond donors (Lipinski definition) is 1. The van der Waals surface area contributed by atoms with Crippen LogP contribution in [0.4, 0.5) is 0 Å². The first-order valence-electron chi connectivity index (χ1n) is 7.93. The summed E-state index contributed by atoms with van der Waals surface area (Å²) in [6.45, 7) is 10.0. The Morgan fingerprint density at radius 3 is 2.40 bits per heavy atom. The first-order chi connectivity index (χ1) is 9.45. The van der Waals surface area contributed by atoms with Gasteiger partial charge >= 0.3 is 0 Å². The van der Waals surface area contributed by atoms with Crippen molar-refractivity contribution in [3.8, 4) is 0 Å². The predicted molar refractivity (Wildman–Crippen MR) is 81.7 cm³/mol. The van der Waals surface area contributed by atoms with Crippen molar-refractivity contribution >= 4 is 10.2 Å². The normalized spacial score (nSPS) is 34.2. The van der Waals surface area contributed by atoms with Crippen molar-refractivity contribution in [2.24, 2.45) is 11.8 Å². The Morgan fingerprint density at radius 2 is 1.80 bits per heavy atom. The topological polar surface area (TPSA) is 52.7 Å². The Bertz CT molecular complexity index is 413. The summed E-state index contributed by atoms with van der Waals surface area (Å²) in [7, 11) is -3.25. The molecular formula is C14H29N3O2S. The zero-order valence-corrected chi connectivity index (χ0v) is 13.8. The lowest BCUT2D eigenvalue weighted by Gasteiger charge is -2.40. The quantitative estimate of drug-likeness (QED) is 0.851. The van der Waals surface area contributed by atoms with Crippen molar-refractivity contribution < 1.29 is 8.42 Å². The number of piperidine rings is 2. The fourth-order valence-corrected chi connectivity index (χ4v) is 5.29. The molecule has 2 rings (SSSR count). The standard InChI is InChI=1S/C14H29N3O2S/c1-4-15-14-7-9-17(11-13(14)3)20(18,19)16-8-5-6-12(2)10-16/h12-15H,4-11H2,1-3H3. The van der Waals surface area contributed by atoms with Gasteiger partial charge in [-0.3, -0.25) is 0 Å². The van der Waals surface area contributed by atoms with Crippen LogP contribution >= 0.6 is 0 Å². The summed E-state index contributed by atoms with van der Waals surface area (Å²) in [5.74, 6) is 0.857. The molecule has 0 radical (unpaired) electrons. The molecule has 2 aliphatic heterocycles. The van der Waals surface area contributed by atoms with Crippen LogP contribution < -0.4 is 5.32 Å². The van der Waals surface area contributed by atoms with Crippen LogP contribution in [0.5, 0.6) is 0 Å². The largest absolute Gasteiger partial charge is 0.314 e. The van der Waals surface area contributed by atoms with E-state index in [-0.39, 0.29) is 0 Å². The van der Waals surface area contributed by atoms with Gasteiger partial charge in [-0.1, -0.05) is 20.8 Å². The SMILES string of the molecule is CCNC1CCN(S(=O)(=O)N2CCCC(C)C2)CC1C. The fourth-order valence-electron chi connectivity index (χ4n) is 3.40. The van der Waals surface area contributed by atoms with Crippen molar-refractivity contribution in [1.29, 1.82) is 0 Å². The molecule has 2 fully saturated rings. The van der Waals surface area contributed by atoms with Crippen molar-refractivity contribution in [3.05, 3.63) is 0 Å². The zero-order valence-electron chi connectivity index (χ0n) is 13.0. The van der Waals surface area contributed by atoms with E-state index >= 15 is 0 Å². The monoisotopic (exact) mass is 303 g/mol. The Labute approximate surface area is 123 Å². The van der Waals surface area contributed by atoms with Crippen molar-refractivity contribution in [2.75, 3.05) is 32.7 Å². The number of hydrogen-bond acceptors (Lipinski definition) is 3. The van der Waals surface area contributed by atoms with Gasteiger partial charge < -0.3 is 5.32 Å². The lowest BCUT2D eigenvalue weighted by molar-refractivity contribution is 0.198. The van der Waals surface area contributed by atoms with Gasteiger partial charge in [0.25, 0.3) is 10.2 Å². The molecular weight excluding hydrogens is 274 g/mol. The van der Waals surface area contributed by atoms with Gasteiger partial charge in [-0.25, -0.2) is 0 Å². The summed E-state index contributed by atoms with van der Waals surface area (Å²) in [6, 6.07) is 0.451. The molecule has 1 N–H and O–H groups in total. The Morgan fingerprint density at radius 1 is 1.10 bits per heavy atom. The second-order valence-corrected chi connectivity index (χ2v) is 8.33. The maximum absolute atomic E-state index is 12.7. The van der Waals surface area contributed by atoms with Crippen molar-refractivity contribution in [2.45, 2.75) is 46.1 Å². The molecule has 0 aromatic rings. The van der Waals surface area contributed by atoms with Crippen molar-refractivity contribution in [3.63, 3.8) is 0 Å². The van der Waals surface area contributed by atoms with Gasteiger partial charge in [-0.15, -0.1) is 0 Å². The maximum Gasteiger partial charge on any atom is 0.281 e. The summed E-state index contributed by atoms with van der Waals surface area (Å²) >= 11 is 0. The minimum atomic E-state index is -3.25. The average Bonchev–Trinajstić information content (AvgIpc) is 2.41. The lowest BCUT2D eigenvalue weighted by atomic mass is 9.95. The zero-order chi connectivity index (χ0) is 14.8. The molecule has 3 atom stereocenters. The minimum Gasteiger partial charge on any atom is -0.314 e. The summed E-state index contributed by atoms with van der Waals surface area (Å²) in [5.41, 5.74) is 0. The highest BCUT2D eigenvalue weighted by molar-refractivity contribution is 7.86. The summed E-state index contributed by atoms with van der Waals surface area (Å²) < 4.78 is 28.8. The second-order valence-electron chi connectivity index (χ2n) is 6.40. The van der Waals surface area contributed by atoms with Crippen LogP contribution in [0.25, 0.3) is 0 Å². The molecule has 0 aromatic carbocycles. The van der Waals surface area contributed by atoms with Crippen LogP contribution in [0.15, 0.2) is 0 Å². The first kappa shape index (κ1) is 16.2. The van der Waals surface area contributed by atoms with E-state index < -0.39 is 10.2 Å². The van der Waals surface area contributed by atoms with E-state index in [0.717, 1.165) is 25.8 Å². The predicted octanol–water partition coefficient (Wildman–Crippen LogP) is 1.28. The molecule has 0 aliphatic carbocycles. The van der Waals surface area contributed by atoms with Gasteiger partial charge in [0.1, 0.15) is 0 Å². The highest BCUT2D eigenvalue weighted by Crippen LogP contribution is 2.25. The summed E-state index contributed by atoms with van der Waals surface area (Å²) in [5, 5.41) is 3.46. The molecule has 0 aromatic heterocycles. The van der Waals surface area contributed by atoms with E-state index in [1.807, 2.05) is 0 Å². The third kappa shape index (κ3) is 3.53. The number of nitrogens with zero attached hydrogens (tertiary/aromatic N) is 2. The molecule has 0 saturated carbocycles. The molecule has 5 nitrogen and oxygen atoms in total. The Kier molecular flexibility index (Phi) is 5.45. The Balaban J connectivity index is 2.00. The van der Waals surface area contributed by atoms with E-state index in [9.17, 15) is 8.42 Å². The first-order valence-corrected chi connectivity index (χ1v) is 9.33. The van der Waals surface area contributed by atoms with Gasteiger partial charge in [-0.05, 0) is 37.6 Å². The molecule has 2 saturated heterocycles. The summed E-state index contributed by atoms with van der Waals surface area (Å²) in [6.07, 6.45) is 3.05. The van der Waals surface area contributed by atoms with E-state index in [0.29, 0.717) is 44.1 Å². The number of rotatable bonds is 4. The van der Waals surface area contributed by atoms with Crippen LogP contribution in [0, 0.1) is 11.8 Å². The smallest absolute Gasteiger partial charge is 0.281 e. The molecule has 0 spiro atoms. The van der Waals surface area contributed by atoms with Crippen molar-refractivity contribution in [1.82, 2.24) is 13.9 Å². The minimum absolute atomic E-state index is 0.376. The van der Waals surface area contributed by atoms with E-state index in [1.54, 1.807) is 8.61 Å². The van der Waals surface area contributed by atoms with Crippen LogP contribution in [0.2, 0.25) is 0 Å². The summed E-state index contributed by atoms with van der Waals surface area (Å²) in [4.78, 5) is 0. The third-order valence-electron chi connectivity index (χ3n) is 4.61. The van der Waals surface area contributed by atoms with Gasteiger partial charge in [0.15, 0.2) is 0 Å². The molecule has 2 heterocycles. The number of nitrogens with one attached hydrogen (secondary N) is 1. The average molecular weight is 303 g/mol. The molecule has 118 valence electrons. The van der Waals surface area contributed by atoms with Crippen LogP contribution in [-0.4, -0.2) is 55.8 Å². The third-order valence-corrected chi connectivity index (χ3v) is 6.58. The highest BCUT2D eigenvalue weighted by Gasteiger charge is 2.37. The molecule has 0 amide bonds.